The number of primary sulfonamides is 1. The van der Waals surface area contributed by atoms with Gasteiger partial charge in [-0.3, -0.25) is 0 Å². The normalized spacial score (nSPS) is 13.1. The van der Waals surface area contributed by atoms with Gasteiger partial charge in [-0.15, -0.1) is 0 Å². The summed E-state index contributed by atoms with van der Waals surface area (Å²) in [5.74, 6) is 0.547. The van der Waals surface area contributed by atoms with E-state index in [0.29, 0.717) is 18.0 Å². The number of ether oxygens (including phenoxy) is 2. The molecule has 1 rings (SSSR count). The number of benzene rings is 1. The van der Waals surface area contributed by atoms with Crippen LogP contribution in [0.15, 0.2) is 23.1 Å². The van der Waals surface area contributed by atoms with Gasteiger partial charge in [0, 0.05) is 13.2 Å². The Morgan fingerprint density at radius 1 is 1.39 bits per heavy atom. The fourth-order valence-corrected chi connectivity index (χ4v) is 2.07. The molecule has 0 saturated heterocycles. The molecule has 1 aromatic carbocycles. The van der Waals surface area contributed by atoms with Crippen molar-refractivity contribution in [2.45, 2.75) is 17.9 Å². The van der Waals surface area contributed by atoms with Crippen molar-refractivity contribution >= 4 is 15.7 Å². The van der Waals surface area contributed by atoms with Crippen LogP contribution in [0.4, 0.5) is 5.69 Å². The third kappa shape index (κ3) is 3.86. The van der Waals surface area contributed by atoms with Crippen LogP contribution in [0.25, 0.3) is 0 Å². The third-order valence-corrected chi connectivity index (χ3v) is 3.23. The maximum atomic E-state index is 11.3. The van der Waals surface area contributed by atoms with E-state index in [1.165, 1.54) is 19.2 Å². The Morgan fingerprint density at radius 2 is 2.06 bits per heavy atom. The number of sulfonamides is 1. The van der Waals surface area contributed by atoms with Crippen LogP contribution >= 0.6 is 0 Å². The van der Waals surface area contributed by atoms with Gasteiger partial charge in [0.15, 0.2) is 0 Å². The standard InChI is InChI=1S/C11H18N2O4S/c1-8(7-16-2)13-10-6-9(18(12,14)15)4-5-11(10)17-3/h4-6,8,13H,7H2,1-3H3,(H2,12,14,15). The van der Waals surface area contributed by atoms with E-state index in [1.54, 1.807) is 13.2 Å². The van der Waals surface area contributed by atoms with Crippen molar-refractivity contribution in [1.82, 2.24) is 0 Å². The number of hydrogen-bond donors (Lipinski definition) is 2. The van der Waals surface area contributed by atoms with Crippen LogP contribution in [0.3, 0.4) is 0 Å². The first-order valence-electron chi connectivity index (χ1n) is 5.34. The zero-order valence-electron chi connectivity index (χ0n) is 10.6. The Morgan fingerprint density at radius 3 is 2.56 bits per heavy atom. The summed E-state index contributed by atoms with van der Waals surface area (Å²) in [7, 11) is -0.620. The summed E-state index contributed by atoms with van der Waals surface area (Å²) in [6.45, 7) is 2.40. The predicted octanol–water partition coefficient (Wildman–Crippen LogP) is 0.789. The van der Waals surface area contributed by atoms with Crippen LogP contribution in [0.1, 0.15) is 6.92 Å². The molecule has 102 valence electrons. The molecule has 0 radical (unpaired) electrons. The molecular weight excluding hydrogens is 256 g/mol. The molecule has 0 fully saturated rings. The maximum Gasteiger partial charge on any atom is 0.238 e. The highest BCUT2D eigenvalue weighted by molar-refractivity contribution is 7.89. The molecule has 0 bridgehead atoms. The van der Waals surface area contributed by atoms with Gasteiger partial charge in [-0.2, -0.15) is 0 Å². The highest BCUT2D eigenvalue weighted by atomic mass is 32.2. The average molecular weight is 274 g/mol. The van der Waals surface area contributed by atoms with E-state index >= 15 is 0 Å². The summed E-state index contributed by atoms with van der Waals surface area (Å²) in [4.78, 5) is 0.0374. The Labute approximate surface area is 107 Å². The van der Waals surface area contributed by atoms with Gasteiger partial charge >= 0.3 is 0 Å². The summed E-state index contributed by atoms with van der Waals surface area (Å²) in [5.41, 5.74) is 0.563. The average Bonchev–Trinajstić information content (AvgIpc) is 2.28. The fraction of sp³-hybridized carbons (Fsp3) is 0.455. The Hall–Kier alpha value is -1.31. The van der Waals surface area contributed by atoms with Gasteiger partial charge in [-0.05, 0) is 25.1 Å². The van der Waals surface area contributed by atoms with Crippen molar-refractivity contribution in [1.29, 1.82) is 0 Å². The molecule has 0 aliphatic heterocycles. The van der Waals surface area contributed by atoms with Gasteiger partial charge < -0.3 is 14.8 Å². The summed E-state index contributed by atoms with van der Waals surface area (Å²) >= 11 is 0. The second-order valence-electron chi connectivity index (χ2n) is 3.91. The highest BCUT2D eigenvalue weighted by Gasteiger charge is 2.13. The number of anilines is 1. The lowest BCUT2D eigenvalue weighted by atomic mass is 10.2. The third-order valence-electron chi connectivity index (χ3n) is 2.32. The Bertz CT molecular complexity index is 502. The largest absolute Gasteiger partial charge is 0.495 e. The summed E-state index contributed by atoms with van der Waals surface area (Å²) in [5, 5.41) is 8.19. The Kier molecular flexibility index (Phi) is 4.94. The predicted molar refractivity (Wildman–Crippen MR) is 69.3 cm³/mol. The molecule has 1 unspecified atom stereocenters. The van der Waals surface area contributed by atoms with Crippen molar-refractivity contribution < 1.29 is 17.9 Å². The lowest BCUT2D eigenvalue weighted by Crippen LogP contribution is -2.21. The van der Waals surface area contributed by atoms with Gasteiger partial charge in [0.1, 0.15) is 5.75 Å². The van der Waals surface area contributed by atoms with Crippen molar-refractivity contribution in [3.05, 3.63) is 18.2 Å². The molecule has 0 amide bonds. The van der Waals surface area contributed by atoms with Gasteiger partial charge in [-0.25, -0.2) is 13.6 Å². The molecule has 0 saturated carbocycles. The molecule has 0 spiro atoms. The first-order valence-corrected chi connectivity index (χ1v) is 6.89. The van der Waals surface area contributed by atoms with E-state index in [-0.39, 0.29) is 10.9 Å². The van der Waals surface area contributed by atoms with Crippen molar-refractivity contribution in [2.24, 2.45) is 5.14 Å². The fourth-order valence-electron chi connectivity index (χ4n) is 1.53. The maximum absolute atomic E-state index is 11.3. The number of nitrogens with two attached hydrogens (primary N) is 1. The van der Waals surface area contributed by atoms with Gasteiger partial charge in [0.05, 0.1) is 24.3 Å². The van der Waals surface area contributed by atoms with Crippen LogP contribution < -0.4 is 15.2 Å². The van der Waals surface area contributed by atoms with E-state index in [2.05, 4.69) is 5.32 Å². The molecule has 0 heterocycles. The molecule has 7 heteroatoms. The van der Waals surface area contributed by atoms with Crippen LogP contribution in [-0.2, 0) is 14.8 Å². The highest BCUT2D eigenvalue weighted by Crippen LogP contribution is 2.27. The molecule has 1 atom stereocenters. The minimum Gasteiger partial charge on any atom is -0.495 e. The molecule has 0 aromatic heterocycles. The number of hydrogen-bond acceptors (Lipinski definition) is 5. The van der Waals surface area contributed by atoms with Crippen molar-refractivity contribution in [2.75, 3.05) is 26.1 Å². The molecule has 1 aromatic rings. The molecule has 0 aliphatic carbocycles. The minimum absolute atomic E-state index is 0.0135. The van der Waals surface area contributed by atoms with Crippen LogP contribution in [0, 0.1) is 0 Å². The van der Waals surface area contributed by atoms with E-state index in [0.717, 1.165) is 0 Å². The van der Waals surface area contributed by atoms with Gasteiger partial charge in [-0.1, -0.05) is 0 Å². The SMILES string of the molecule is COCC(C)Nc1cc(S(N)(=O)=O)ccc1OC. The van der Waals surface area contributed by atoms with Crippen molar-refractivity contribution in [3.8, 4) is 5.75 Å². The first-order chi connectivity index (χ1) is 8.38. The Balaban J connectivity index is 3.07. The van der Waals surface area contributed by atoms with Crippen LogP contribution in [0.2, 0.25) is 0 Å². The van der Waals surface area contributed by atoms with E-state index < -0.39 is 10.0 Å². The van der Waals surface area contributed by atoms with Crippen LogP contribution in [-0.4, -0.2) is 35.3 Å². The quantitative estimate of drug-likeness (QED) is 0.800. The molecular formula is C11H18N2O4S. The van der Waals surface area contributed by atoms with Gasteiger partial charge in [0.2, 0.25) is 10.0 Å². The zero-order chi connectivity index (χ0) is 13.8. The lowest BCUT2D eigenvalue weighted by Gasteiger charge is -2.17. The summed E-state index contributed by atoms with van der Waals surface area (Å²) < 4.78 is 32.7. The second kappa shape index (κ2) is 6.03. The monoisotopic (exact) mass is 274 g/mol. The number of methoxy groups -OCH3 is 2. The summed E-state index contributed by atoms with van der Waals surface area (Å²) in [6, 6.07) is 4.42. The molecule has 18 heavy (non-hydrogen) atoms. The minimum atomic E-state index is -3.73. The lowest BCUT2D eigenvalue weighted by molar-refractivity contribution is 0.190. The van der Waals surface area contributed by atoms with Gasteiger partial charge in [0.25, 0.3) is 0 Å². The number of rotatable bonds is 6. The number of nitrogens with one attached hydrogen (secondary N) is 1. The van der Waals surface area contributed by atoms with E-state index in [4.69, 9.17) is 14.6 Å². The second-order valence-corrected chi connectivity index (χ2v) is 5.47. The first kappa shape index (κ1) is 14.7. The van der Waals surface area contributed by atoms with Crippen LogP contribution in [0.5, 0.6) is 5.75 Å². The zero-order valence-corrected chi connectivity index (χ0v) is 11.5. The van der Waals surface area contributed by atoms with E-state index in [9.17, 15) is 8.42 Å². The molecule has 0 aliphatic rings. The summed E-state index contributed by atoms with van der Waals surface area (Å²) in [6.07, 6.45) is 0. The van der Waals surface area contributed by atoms with E-state index in [1.807, 2.05) is 6.92 Å². The van der Waals surface area contributed by atoms with Crippen molar-refractivity contribution in [3.63, 3.8) is 0 Å². The molecule has 6 nitrogen and oxygen atoms in total. The molecule has 3 N–H and O–H groups in total. The topological polar surface area (TPSA) is 90.6 Å². The smallest absolute Gasteiger partial charge is 0.238 e.